The standard InChI is InChI=1S/CH5NO.NO3/c1-2-3;2-1(3)4/h2-3H,1H3;/q;-1/p+1. The SMILES string of the molecule is C[NH2+]O.O=[N+]([O-])[O-]. The molecular formula is CH6N2O4. The molecule has 0 atom stereocenters. The van der Waals surface area contributed by atoms with Crippen LogP contribution in [-0.4, -0.2) is 17.3 Å². The maximum absolute atomic E-state index is 8.25. The molecule has 0 unspecified atom stereocenters. The van der Waals surface area contributed by atoms with E-state index in [-0.39, 0.29) is 0 Å². The molecule has 7 heavy (non-hydrogen) atoms. The minimum atomic E-state index is -1.75. The average Bonchev–Trinajstić information content (AvgIpc) is 1.33. The van der Waals surface area contributed by atoms with Crippen molar-refractivity contribution in [3.63, 3.8) is 0 Å². The van der Waals surface area contributed by atoms with Crippen molar-refractivity contribution in [3.8, 4) is 0 Å². The van der Waals surface area contributed by atoms with Gasteiger partial charge in [0.2, 0.25) is 0 Å². The summed E-state index contributed by atoms with van der Waals surface area (Å²) in [5.74, 6) is 0. The summed E-state index contributed by atoms with van der Waals surface area (Å²) in [5, 5.41) is 22.2. The van der Waals surface area contributed by atoms with E-state index in [0.717, 1.165) is 5.48 Å². The zero-order valence-electron chi connectivity index (χ0n) is 3.70. The van der Waals surface area contributed by atoms with Crippen molar-refractivity contribution in [3.05, 3.63) is 15.3 Å². The molecule has 0 aromatic rings. The van der Waals surface area contributed by atoms with Crippen LogP contribution < -0.4 is 5.48 Å². The van der Waals surface area contributed by atoms with Crippen LogP contribution in [0.5, 0.6) is 0 Å². The van der Waals surface area contributed by atoms with Crippen LogP contribution in [0.1, 0.15) is 0 Å². The van der Waals surface area contributed by atoms with Crippen molar-refractivity contribution in [1.82, 2.24) is 0 Å². The van der Waals surface area contributed by atoms with Gasteiger partial charge in [-0.15, -0.1) is 0 Å². The van der Waals surface area contributed by atoms with Gasteiger partial charge in [0.15, 0.2) is 0 Å². The van der Waals surface area contributed by atoms with E-state index in [0.29, 0.717) is 0 Å². The lowest BCUT2D eigenvalue weighted by Crippen LogP contribution is -2.75. The van der Waals surface area contributed by atoms with E-state index in [9.17, 15) is 0 Å². The number of nitrogens with two attached hydrogens (primary N) is 1. The summed E-state index contributed by atoms with van der Waals surface area (Å²) in [6.45, 7) is 0. The fraction of sp³-hybridized carbons (Fsp3) is 1.00. The molecule has 0 aromatic carbocycles. The number of rotatable bonds is 0. The lowest BCUT2D eigenvalue weighted by atomic mass is 11.6. The first kappa shape index (κ1) is 9.45. The van der Waals surface area contributed by atoms with E-state index >= 15 is 0 Å². The van der Waals surface area contributed by atoms with E-state index in [1.165, 1.54) is 0 Å². The normalized spacial score (nSPS) is 6.00. The molecule has 0 aliphatic carbocycles. The van der Waals surface area contributed by atoms with E-state index in [1.54, 1.807) is 7.05 Å². The van der Waals surface area contributed by atoms with Gasteiger partial charge in [0.05, 0.1) is 12.1 Å². The van der Waals surface area contributed by atoms with Crippen LogP contribution >= 0.6 is 0 Å². The zero-order valence-corrected chi connectivity index (χ0v) is 3.70. The molecule has 0 bridgehead atoms. The first-order valence-corrected chi connectivity index (χ1v) is 1.38. The van der Waals surface area contributed by atoms with Gasteiger partial charge in [-0.05, 0) is 0 Å². The van der Waals surface area contributed by atoms with Gasteiger partial charge in [0.1, 0.15) is 0 Å². The Morgan fingerprint density at radius 1 is 1.71 bits per heavy atom. The third-order valence-corrected chi connectivity index (χ3v) is 0. The van der Waals surface area contributed by atoms with E-state index in [1.807, 2.05) is 0 Å². The van der Waals surface area contributed by atoms with Crippen LogP contribution in [0, 0.1) is 15.3 Å². The molecule has 0 fully saturated rings. The van der Waals surface area contributed by atoms with E-state index in [2.05, 4.69) is 0 Å². The summed E-state index contributed by atoms with van der Waals surface area (Å²) in [5.41, 5.74) is 1.00. The van der Waals surface area contributed by atoms with Gasteiger partial charge in [-0.1, -0.05) is 0 Å². The molecule has 0 heterocycles. The van der Waals surface area contributed by atoms with Crippen molar-refractivity contribution in [2.75, 3.05) is 7.05 Å². The molecule has 44 valence electrons. The Morgan fingerprint density at radius 2 is 1.71 bits per heavy atom. The highest BCUT2D eigenvalue weighted by Gasteiger charge is 1.45. The summed E-state index contributed by atoms with van der Waals surface area (Å²) >= 11 is 0. The molecule has 3 N–H and O–H groups in total. The third-order valence-electron chi connectivity index (χ3n) is 0. The van der Waals surface area contributed by atoms with E-state index < -0.39 is 5.09 Å². The summed E-state index contributed by atoms with van der Waals surface area (Å²) in [6.07, 6.45) is 0. The molecule has 0 aliphatic rings. The van der Waals surface area contributed by atoms with Gasteiger partial charge in [-0.2, -0.15) is 0 Å². The smallest absolute Gasteiger partial charge is 0.0947 e. The predicted octanol–water partition coefficient (Wildman–Crippen LogP) is -1.67. The monoisotopic (exact) mass is 110 g/mol. The van der Waals surface area contributed by atoms with Gasteiger partial charge >= 0.3 is 0 Å². The Balaban J connectivity index is 0. The molecule has 0 radical (unpaired) electrons. The highest BCUT2D eigenvalue weighted by molar-refractivity contribution is 4.03. The van der Waals surface area contributed by atoms with Crippen LogP contribution in [0.2, 0.25) is 0 Å². The van der Waals surface area contributed by atoms with Crippen molar-refractivity contribution in [2.45, 2.75) is 0 Å². The van der Waals surface area contributed by atoms with Gasteiger partial charge in [0.25, 0.3) is 0 Å². The second-order valence-corrected chi connectivity index (χ2v) is 0.482. The molecule has 0 saturated heterocycles. The summed E-state index contributed by atoms with van der Waals surface area (Å²) < 4.78 is 0. The topological polar surface area (TPSA) is 103 Å². The van der Waals surface area contributed by atoms with E-state index in [4.69, 9.17) is 20.5 Å². The first-order valence-electron chi connectivity index (χ1n) is 1.38. The Kier molecular flexibility index (Phi) is 12.1. The lowest BCUT2D eigenvalue weighted by molar-refractivity contribution is -0.867. The van der Waals surface area contributed by atoms with Gasteiger partial charge in [-0.25, -0.2) is 10.7 Å². The number of nitrogens with zero attached hydrogens (tertiary/aromatic N) is 1. The molecule has 0 spiro atoms. The molecule has 6 nitrogen and oxygen atoms in total. The van der Waals surface area contributed by atoms with Crippen LogP contribution in [-0.2, 0) is 0 Å². The van der Waals surface area contributed by atoms with Gasteiger partial charge in [-0.3, -0.25) is 0 Å². The number of hydrogen-bond donors (Lipinski definition) is 2. The lowest BCUT2D eigenvalue weighted by Gasteiger charge is -1.74. The first-order chi connectivity index (χ1) is 3.15. The molecular weight excluding hydrogens is 104 g/mol. The van der Waals surface area contributed by atoms with Crippen molar-refractivity contribution < 1.29 is 15.8 Å². The largest absolute Gasteiger partial charge is 0.356 e. The fourth-order valence-corrected chi connectivity index (χ4v) is 0. The van der Waals surface area contributed by atoms with Crippen LogP contribution in [0.3, 0.4) is 0 Å². The fourth-order valence-electron chi connectivity index (χ4n) is 0. The van der Waals surface area contributed by atoms with Crippen LogP contribution in [0.15, 0.2) is 0 Å². The third kappa shape index (κ3) is 64.4. The summed E-state index contributed by atoms with van der Waals surface area (Å²) in [7, 11) is 1.56. The van der Waals surface area contributed by atoms with Crippen molar-refractivity contribution in [1.29, 1.82) is 0 Å². The Morgan fingerprint density at radius 3 is 1.71 bits per heavy atom. The van der Waals surface area contributed by atoms with Crippen molar-refractivity contribution in [2.24, 2.45) is 0 Å². The number of hydroxylamine groups is 1. The highest BCUT2D eigenvalue weighted by atomic mass is 16.9. The minimum Gasteiger partial charge on any atom is -0.356 e. The van der Waals surface area contributed by atoms with Crippen molar-refractivity contribution >= 4 is 0 Å². The quantitative estimate of drug-likeness (QED) is 0.287. The highest BCUT2D eigenvalue weighted by Crippen LogP contribution is 1.44. The van der Waals surface area contributed by atoms with Crippen LogP contribution in [0.4, 0.5) is 0 Å². The minimum absolute atomic E-state index is 1.00. The number of quaternary nitrogens is 1. The molecule has 0 rings (SSSR count). The maximum Gasteiger partial charge on any atom is 0.0947 e. The maximum atomic E-state index is 8.25. The molecule has 0 amide bonds. The van der Waals surface area contributed by atoms with Crippen LogP contribution in [0.25, 0.3) is 0 Å². The second kappa shape index (κ2) is 8.93. The second-order valence-electron chi connectivity index (χ2n) is 0.482. The molecule has 0 aliphatic heterocycles. The summed E-state index contributed by atoms with van der Waals surface area (Å²) in [4.78, 5) is 8.25. The van der Waals surface area contributed by atoms with Gasteiger partial charge < -0.3 is 15.3 Å². The van der Waals surface area contributed by atoms with Gasteiger partial charge in [0, 0.05) is 0 Å². The predicted molar refractivity (Wildman–Crippen MR) is 20.0 cm³/mol. The molecule has 0 aromatic heterocycles. The Hall–Kier alpha value is -0.880. The average molecular weight is 110 g/mol. The Labute approximate surface area is 39.4 Å². The Bertz CT molecular complexity index is 41.0. The molecule has 6 heteroatoms. The summed E-state index contributed by atoms with van der Waals surface area (Å²) in [6, 6.07) is 0. The zero-order chi connectivity index (χ0) is 6.28. The molecule has 0 saturated carbocycles. The number of hydrogen-bond acceptors (Lipinski definition) is 4.